The molecule has 0 amide bonds. The Morgan fingerprint density at radius 2 is 1.61 bits per heavy atom. The van der Waals surface area contributed by atoms with E-state index < -0.39 is 24.3 Å². The van der Waals surface area contributed by atoms with Crippen LogP contribution in [0, 0.1) is 12.3 Å². The van der Waals surface area contributed by atoms with Crippen LogP contribution in [0.15, 0.2) is 12.1 Å². The third-order valence-corrected chi connectivity index (χ3v) is 6.29. The van der Waals surface area contributed by atoms with Crippen LogP contribution in [-0.4, -0.2) is 104 Å². The van der Waals surface area contributed by atoms with Crippen LogP contribution in [0.5, 0.6) is 0 Å². The Morgan fingerprint density at radius 3 is 2.08 bits per heavy atom. The number of methoxy groups -OCH3 is 1. The van der Waals surface area contributed by atoms with Crippen molar-refractivity contribution in [2.24, 2.45) is 5.41 Å². The Hall–Kier alpha value is -1.94. The summed E-state index contributed by atoms with van der Waals surface area (Å²) in [6, 6.07) is 4.50. The summed E-state index contributed by atoms with van der Waals surface area (Å²) in [7, 11) is 1.78. The minimum atomic E-state index is -5.08. The van der Waals surface area contributed by atoms with Gasteiger partial charge in [-0.05, 0) is 32.0 Å². The molecule has 2 fully saturated rings. The molecule has 2 saturated heterocycles. The van der Waals surface area contributed by atoms with Crippen LogP contribution >= 0.6 is 11.3 Å². The molecular formula is C21H30F6N2O6S. The van der Waals surface area contributed by atoms with Gasteiger partial charge < -0.3 is 24.6 Å². The molecule has 0 bridgehead atoms. The fourth-order valence-corrected chi connectivity index (χ4v) is 4.63. The molecule has 208 valence electrons. The van der Waals surface area contributed by atoms with Gasteiger partial charge in [-0.1, -0.05) is 0 Å². The van der Waals surface area contributed by atoms with Crippen molar-refractivity contribution in [2.75, 3.05) is 59.7 Å². The summed E-state index contributed by atoms with van der Waals surface area (Å²) in [5.41, 5.74) is 0.316. The zero-order chi connectivity index (χ0) is 27.6. The molecule has 2 aliphatic rings. The lowest BCUT2D eigenvalue weighted by molar-refractivity contribution is -0.193. The number of ether oxygens (including phenoxy) is 2. The first kappa shape index (κ1) is 32.1. The summed E-state index contributed by atoms with van der Waals surface area (Å²) in [6.07, 6.45) is -8.92. The van der Waals surface area contributed by atoms with E-state index in [4.69, 9.17) is 29.3 Å². The van der Waals surface area contributed by atoms with Gasteiger partial charge in [0.1, 0.15) is 0 Å². The largest absolute Gasteiger partial charge is 0.490 e. The highest BCUT2D eigenvalue weighted by Gasteiger charge is 2.41. The number of aliphatic carboxylic acids is 2. The Kier molecular flexibility index (Phi) is 12.6. The molecule has 1 unspecified atom stereocenters. The van der Waals surface area contributed by atoms with E-state index >= 15 is 0 Å². The van der Waals surface area contributed by atoms with Crippen molar-refractivity contribution < 1.29 is 55.6 Å². The fourth-order valence-electron chi connectivity index (χ4n) is 3.69. The molecule has 2 aliphatic heterocycles. The van der Waals surface area contributed by atoms with Gasteiger partial charge in [0.25, 0.3) is 0 Å². The summed E-state index contributed by atoms with van der Waals surface area (Å²) < 4.78 is 74.7. The molecule has 1 aromatic rings. The predicted molar refractivity (Wildman–Crippen MR) is 118 cm³/mol. The lowest BCUT2D eigenvalue weighted by Gasteiger charge is -2.31. The Morgan fingerprint density at radius 1 is 1.06 bits per heavy atom. The highest BCUT2D eigenvalue weighted by Crippen LogP contribution is 2.34. The average molecular weight is 553 g/mol. The van der Waals surface area contributed by atoms with Crippen molar-refractivity contribution in [3.05, 3.63) is 21.9 Å². The maximum Gasteiger partial charge on any atom is 0.490 e. The molecule has 1 spiro atoms. The molecule has 1 aromatic heterocycles. The number of carboxylic acids is 2. The quantitative estimate of drug-likeness (QED) is 0.536. The van der Waals surface area contributed by atoms with Crippen LogP contribution < -0.4 is 0 Å². The van der Waals surface area contributed by atoms with Gasteiger partial charge in [0, 0.05) is 55.0 Å². The van der Waals surface area contributed by atoms with E-state index in [1.54, 1.807) is 7.11 Å². The van der Waals surface area contributed by atoms with Crippen molar-refractivity contribution >= 4 is 23.3 Å². The minimum absolute atomic E-state index is 0.316. The Balaban J connectivity index is 0.000000383. The van der Waals surface area contributed by atoms with E-state index in [1.165, 1.54) is 22.7 Å². The van der Waals surface area contributed by atoms with Gasteiger partial charge in [-0.2, -0.15) is 26.3 Å². The first-order valence-electron chi connectivity index (χ1n) is 10.7. The van der Waals surface area contributed by atoms with Crippen LogP contribution in [-0.2, 0) is 25.6 Å². The topological polar surface area (TPSA) is 99.5 Å². The highest BCUT2D eigenvalue weighted by atomic mass is 32.1. The molecule has 3 rings (SSSR count). The van der Waals surface area contributed by atoms with Crippen molar-refractivity contribution in [2.45, 2.75) is 32.2 Å². The summed E-state index contributed by atoms with van der Waals surface area (Å²) in [4.78, 5) is 25.8. The second kappa shape index (κ2) is 14.1. The third-order valence-electron chi connectivity index (χ3n) is 5.31. The van der Waals surface area contributed by atoms with E-state index in [1.807, 2.05) is 11.3 Å². The number of likely N-dealkylation sites (tertiary alicyclic amines) is 1. The first-order valence-corrected chi connectivity index (χ1v) is 11.6. The van der Waals surface area contributed by atoms with E-state index in [9.17, 15) is 26.3 Å². The molecule has 0 aromatic carbocycles. The molecule has 15 heteroatoms. The average Bonchev–Trinajstić information content (AvgIpc) is 3.28. The van der Waals surface area contributed by atoms with E-state index in [2.05, 4.69) is 28.9 Å². The van der Waals surface area contributed by atoms with Crippen LogP contribution in [0.2, 0.25) is 0 Å². The number of alkyl halides is 6. The summed E-state index contributed by atoms with van der Waals surface area (Å²) in [6.45, 7) is 11.4. The number of aryl methyl sites for hydroxylation is 1. The van der Waals surface area contributed by atoms with Crippen LogP contribution in [0.3, 0.4) is 0 Å². The summed E-state index contributed by atoms with van der Waals surface area (Å²) >= 11 is 1.92. The second-order valence-electron chi connectivity index (χ2n) is 8.40. The number of carbonyl (C=O) groups is 2. The monoisotopic (exact) mass is 552 g/mol. The molecule has 0 radical (unpaired) electrons. The lowest BCUT2D eigenvalue weighted by Crippen LogP contribution is -2.40. The van der Waals surface area contributed by atoms with E-state index in [0.29, 0.717) is 5.41 Å². The lowest BCUT2D eigenvalue weighted by atomic mass is 9.87. The van der Waals surface area contributed by atoms with Gasteiger partial charge in [-0.3, -0.25) is 4.90 Å². The van der Waals surface area contributed by atoms with Crippen molar-refractivity contribution in [1.29, 1.82) is 0 Å². The van der Waals surface area contributed by atoms with Gasteiger partial charge in [0.15, 0.2) is 0 Å². The molecule has 2 N–H and O–H groups in total. The van der Waals surface area contributed by atoms with Gasteiger partial charge in [-0.25, -0.2) is 9.59 Å². The predicted octanol–water partition coefficient (Wildman–Crippen LogP) is 3.49. The fraction of sp³-hybridized carbons (Fsp3) is 0.714. The molecule has 1 atom stereocenters. The van der Waals surface area contributed by atoms with Gasteiger partial charge in [0.05, 0.1) is 19.8 Å². The zero-order valence-corrected chi connectivity index (χ0v) is 20.6. The number of rotatable bonds is 5. The molecule has 8 nitrogen and oxygen atoms in total. The SMILES string of the molecule is COCCN1CCC2(COCCN(Cc3ccc(C)s3)C2)C1.O=C(O)C(F)(F)F.O=C(O)C(F)(F)F. The summed E-state index contributed by atoms with van der Waals surface area (Å²) in [5.74, 6) is -5.51. The molecule has 36 heavy (non-hydrogen) atoms. The normalized spacial score (nSPS) is 21.2. The van der Waals surface area contributed by atoms with Crippen molar-refractivity contribution in [3.63, 3.8) is 0 Å². The minimum Gasteiger partial charge on any atom is -0.475 e. The van der Waals surface area contributed by atoms with E-state index in [0.717, 1.165) is 52.5 Å². The molecule has 0 aliphatic carbocycles. The van der Waals surface area contributed by atoms with Gasteiger partial charge in [0.2, 0.25) is 0 Å². The molecular weight excluding hydrogens is 522 g/mol. The smallest absolute Gasteiger partial charge is 0.475 e. The van der Waals surface area contributed by atoms with Crippen LogP contribution in [0.4, 0.5) is 26.3 Å². The maximum absolute atomic E-state index is 10.6. The molecule has 3 heterocycles. The second-order valence-corrected chi connectivity index (χ2v) is 9.77. The number of hydrogen-bond acceptors (Lipinski definition) is 7. The summed E-state index contributed by atoms with van der Waals surface area (Å²) in [5, 5.41) is 14.2. The number of carboxylic acid groups (broad SMARTS) is 2. The highest BCUT2D eigenvalue weighted by molar-refractivity contribution is 7.11. The number of halogens is 6. The van der Waals surface area contributed by atoms with Gasteiger partial charge >= 0.3 is 24.3 Å². The number of hydrogen-bond donors (Lipinski definition) is 2. The molecule has 0 saturated carbocycles. The number of thiophene rings is 1. The van der Waals surface area contributed by atoms with Crippen molar-refractivity contribution in [1.82, 2.24) is 9.80 Å². The van der Waals surface area contributed by atoms with Crippen LogP contribution in [0.25, 0.3) is 0 Å². The standard InChI is InChI=1S/C17H28N2O2S.2C2HF3O2/c1-15-3-4-16(22-15)11-19-8-10-21-14-17(13-19)5-6-18(12-17)7-9-20-2;2*3-2(4,5)1(6)7/h3-4H,5-14H2,1-2H3;2*(H,6,7). The zero-order valence-electron chi connectivity index (χ0n) is 19.8. The Bertz CT molecular complexity index is 811. The third kappa shape index (κ3) is 11.9. The van der Waals surface area contributed by atoms with Gasteiger partial charge in [-0.15, -0.1) is 11.3 Å². The van der Waals surface area contributed by atoms with Crippen LogP contribution in [0.1, 0.15) is 16.2 Å². The number of nitrogens with zero attached hydrogens (tertiary/aromatic N) is 2. The Labute approximate surface area is 208 Å². The maximum atomic E-state index is 10.6. The van der Waals surface area contributed by atoms with E-state index in [-0.39, 0.29) is 0 Å². The van der Waals surface area contributed by atoms with Crippen molar-refractivity contribution in [3.8, 4) is 0 Å². The first-order chi connectivity index (χ1) is 16.6.